The zero-order chi connectivity index (χ0) is 24.6. The molecule has 0 heterocycles. The van der Waals surface area contributed by atoms with E-state index in [4.69, 9.17) is 5.11 Å². The number of urea groups is 1. The summed E-state index contributed by atoms with van der Waals surface area (Å²) >= 11 is 0. The maximum atomic E-state index is 12.8. The number of benzene rings is 2. The normalized spacial score (nSPS) is 19.4. The van der Waals surface area contributed by atoms with Crippen LogP contribution in [0.1, 0.15) is 50.2 Å². The molecule has 7 heteroatoms. The molecule has 0 bridgehead atoms. The highest BCUT2D eigenvalue weighted by atomic mass is 16.4. The molecule has 0 radical (unpaired) electrons. The van der Waals surface area contributed by atoms with Gasteiger partial charge in [0.25, 0.3) is 0 Å². The highest BCUT2D eigenvalue weighted by Crippen LogP contribution is 2.33. The lowest BCUT2D eigenvalue weighted by Gasteiger charge is -2.36. The second-order valence-electron chi connectivity index (χ2n) is 9.48. The summed E-state index contributed by atoms with van der Waals surface area (Å²) in [4.78, 5) is 25.5. The van der Waals surface area contributed by atoms with Crippen molar-refractivity contribution in [1.82, 2.24) is 15.5 Å². The number of aliphatic hydroxyl groups is 1. The van der Waals surface area contributed by atoms with Crippen LogP contribution in [0.15, 0.2) is 60.7 Å². The van der Waals surface area contributed by atoms with Gasteiger partial charge in [-0.25, -0.2) is 4.79 Å². The van der Waals surface area contributed by atoms with Gasteiger partial charge in [0.15, 0.2) is 0 Å². The van der Waals surface area contributed by atoms with Crippen molar-refractivity contribution in [3.63, 3.8) is 0 Å². The quantitative estimate of drug-likeness (QED) is 0.428. The van der Waals surface area contributed by atoms with E-state index in [-0.39, 0.29) is 18.6 Å². The molecule has 1 aliphatic carbocycles. The Balaban J connectivity index is 1.53. The van der Waals surface area contributed by atoms with Crippen LogP contribution in [-0.4, -0.2) is 59.3 Å². The molecule has 1 saturated carbocycles. The second kappa shape index (κ2) is 12.0. The van der Waals surface area contributed by atoms with E-state index >= 15 is 0 Å². The van der Waals surface area contributed by atoms with Crippen LogP contribution in [0.5, 0.6) is 0 Å². The molecule has 34 heavy (non-hydrogen) atoms. The molecule has 2 amide bonds. The maximum Gasteiger partial charge on any atom is 0.317 e. The van der Waals surface area contributed by atoms with Gasteiger partial charge in [-0.2, -0.15) is 0 Å². The van der Waals surface area contributed by atoms with Gasteiger partial charge in [-0.3, -0.25) is 9.69 Å². The SMILES string of the molecule is C[C@@H](NC(=O)N[C@H]1CC[C@H](CCN(C)CC(=O)O)CC1)C(O)(c1ccccc1)c1ccccc1. The standard InChI is InChI=1S/C27H37N3O4/c1-20(27(34,22-9-5-3-6-10-22)23-11-7-4-8-12-23)28-26(33)29-24-15-13-21(14-16-24)17-18-30(2)19-25(31)32/h3-12,20-21,24,34H,13-19H2,1-2H3,(H,31,32)(H2,28,29,33)/t20-,21-,24-/m1/s1. The summed E-state index contributed by atoms with van der Waals surface area (Å²) in [5, 5.41) is 26.7. The monoisotopic (exact) mass is 467 g/mol. The summed E-state index contributed by atoms with van der Waals surface area (Å²) in [5.74, 6) is -0.250. The van der Waals surface area contributed by atoms with Crippen molar-refractivity contribution in [3.8, 4) is 0 Å². The van der Waals surface area contributed by atoms with Crippen LogP contribution >= 0.6 is 0 Å². The predicted molar refractivity (Wildman–Crippen MR) is 133 cm³/mol. The van der Waals surface area contributed by atoms with Crippen LogP contribution in [0.4, 0.5) is 4.79 Å². The van der Waals surface area contributed by atoms with Crippen molar-refractivity contribution in [3.05, 3.63) is 71.8 Å². The summed E-state index contributed by atoms with van der Waals surface area (Å²) in [6.45, 7) is 2.66. The van der Waals surface area contributed by atoms with Crippen molar-refractivity contribution in [1.29, 1.82) is 0 Å². The van der Waals surface area contributed by atoms with Gasteiger partial charge in [0.2, 0.25) is 0 Å². The largest absolute Gasteiger partial charge is 0.480 e. The zero-order valence-electron chi connectivity index (χ0n) is 20.1. The average molecular weight is 468 g/mol. The molecule has 2 aromatic rings. The van der Waals surface area contributed by atoms with Crippen LogP contribution < -0.4 is 10.6 Å². The minimum Gasteiger partial charge on any atom is -0.480 e. The third-order valence-corrected chi connectivity index (χ3v) is 6.91. The lowest BCUT2D eigenvalue weighted by molar-refractivity contribution is -0.138. The third-order valence-electron chi connectivity index (χ3n) is 6.91. The smallest absolute Gasteiger partial charge is 0.317 e. The summed E-state index contributed by atoms with van der Waals surface area (Å²) in [5.41, 5.74) is 0.0872. The van der Waals surface area contributed by atoms with E-state index in [1.807, 2.05) is 79.5 Å². The Morgan fingerprint density at radius 2 is 1.53 bits per heavy atom. The molecule has 1 aliphatic rings. The Hall–Kier alpha value is -2.90. The predicted octanol–water partition coefficient (Wildman–Crippen LogP) is 3.58. The maximum absolute atomic E-state index is 12.8. The van der Waals surface area contributed by atoms with E-state index in [1.165, 1.54) is 0 Å². The Morgan fingerprint density at radius 1 is 1.00 bits per heavy atom. The third kappa shape index (κ3) is 6.81. The summed E-state index contributed by atoms with van der Waals surface area (Å²) in [7, 11) is 1.83. The van der Waals surface area contributed by atoms with Crippen molar-refractivity contribution in [2.75, 3.05) is 20.1 Å². The summed E-state index contributed by atoms with van der Waals surface area (Å²) in [6, 6.07) is 18.1. The van der Waals surface area contributed by atoms with Gasteiger partial charge in [0.1, 0.15) is 5.60 Å². The number of likely N-dealkylation sites (N-methyl/N-ethyl adjacent to an activating group) is 1. The minimum absolute atomic E-state index is 0.0631. The van der Waals surface area contributed by atoms with Crippen LogP contribution in [-0.2, 0) is 10.4 Å². The Bertz CT molecular complexity index is 874. The molecule has 4 N–H and O–H groups in total. The molecule has 0 aliphatic heterocycles. The van der Waals surface area contributed by atoms with Crippen LogP contribution in [0.25, 0.3) is 0 Å². The van der Waals surface area contributed by atoms with Crippen molar-refractivity contribution in [2.24, 2.45) is 5.92 Å². The Morgan fingerprint density at radius 3 is 2.03 bits per heavy atom. The van der Waals surface area contributed by atoms with E-state index in [0.29, 0.717) is 5.92 Å². The van der Waals surface area contributed by atoms with Gasteiger partial charge in [-0.05, 0) is 69.7 Å². The molecule has 7 nitrogen and oxygen atoms in total. The molecule has 0 aromatic heterocycles. The number of nitrogens with one attached hydrogen (secondary N) is 2. The number of hydrogen-bond donors (Lipinski definition) is 4. The second-order valence-corrected chi connectivity index (χ2v) is 9.48. The van der Waals surface area contributed by atoms with E-state index in [1.54, 1.807) is 0 Å². The number of hydrogen-bond acceptors (Lipinski definition) is 4. The lowest BCUT2D eigenvalue weighted by atomic mass is 9.81. The molecule has 0 saturated heterocycles. The van der Waals surface area contributed by atoms with E-state index in [2.05, 4.69) is 10.6 Å². The lowest BCUT2D eigenvalue weighted by Crippen LogP contribution is -2.54. The average Bonchev–Trinajstić information content (AvgIpc) is 2.83. The van der Waals surface area contributed by atoms with E-state index in [0.717, 1.165) is 49.8 Å². The fourth-order valence-corrected chi connectivity index (χ4v) is 4.89. The Labute approximate surface area is 202 Å². The van der Waals surface area contributed by atoms with Gasteiger partial charge in [0.05, 0.1) is 12.6 Å². The zero-order valence-corrected chi connectivity index (χ0v) is 20.1. The van der Waals surface area contributed by atoms with Gasteiger partial charge >= 0.3 is 12.0 Å². The van der Waals surface area contributed by atoms with Gasteiger partial charge in [-0.15, -0.1) is 0 Å². The highest BCUT2D eigenvalue weighted by Gasteiger charge is 2.38. The van der Waals surface area contributed by atoms with Crippen LogP contribution in [0.2, 0.25) is 0 Å². The molecule has 3 rings (SSSR count). The van der Waals surface area contributed by atoms with E-state index in [9.17, 15) is 14.7 Å². The van der Waals surface area contributed by atoms with Gasteiger partial charge in [-0.1, -0.05) is 60.7 Å². The van der Waals surface area contributed by atoms with Crippen molar-refractivity contribution < 1.29 is 19.8 Å². The van der Waals surface area contributed by atoms with Crippen LogP contribution in [0, 0.1) is 5.92 Å². The minimum atomic E-state index is -1.36. The molecule has 0 unspecified atom stereocenters. The molecule has 1 atom stereocenters. The fraction of sp³-hybridized carbons (Fsp3) is 0.481. The molecular weight excluding hydrogens is 430 g/mol. The Kier molecular flexibility index (Phi) is 9.07. The van der Waals surface area contributed by atoms with Crippen LogP contribution in [0.3, 0.4) is 0 Å². The number of amides is 2. The molecule has 184 valence electrons. The molecule has 2 aromatic carbocycles. The highest BCUT2D eigenvalue weighted by molar-refractivity contribution is 5.75. The molecular formula is C27H37N3O4. The van der Waals surface area contributed by atoms with E-state index < -0.39 is 17.6 Å². The topological polar surface area (TPSA) is 102 Å². The molecule has 1 fully saturated rings. The van der Waals surface area contributed by atoms with Gasteiger partial charge in [0, 0.05) is 6.04 Å². The number of aliphatic carboxylic acids is 1. The summed E-state index contributed by atoms with van der Waals surface area (Å²) in [6.07, 6.45) is 4.80. The fourth-order valence-electron chi connectivity index (χ4n) is 4.89. The van der Waals surface area contributed by atoms with Gasteiger partial charge < -0.3 is 20.8 Å². The summed E-state index contributed by atoms with van der Waals surface area (Å²) < 4.78 is 0. The first kappa shape index (κ1) is 25.7. The number of nitrogens with zero attached hydrogens (tertiary/aromatic N) is 1. The first-order valence-electron chi connectivity index (χ1n) is 12.1. The number of carbonyl (C=O) groups is 2. The first-order chi connectivity index (χ1) is 16.3. The van der Waals surface area contributed by atoms with Crippen molar-refractivity contribution in [2.45, 2.75) is 56.7 Å². The first-order valence-corrected chi connectivity index (χ1v) is 12.1. The molecule has 0 spiro atoms. The van der Waals surface area contributed by atoms with Crippen molar-refractivity contribution >= 4 is 12.0 Å². The number of carboxylic acids is 1. The number of carbonyl (C=O) groups excluding carboxylic acids is 1. The number of carboxylic acid groups (broad SMARTS) is 1. The number of rotatable bonds is 10.